The van der Waals surface area contributed by atoms with Crippen molar-refractivity contribution >= 4 is 59.4 Å². The summed E-state index contributed by atoms with van der Waals surface area (Å²) in [7, 11) is 1.32. The number of urea groups is 1. The number of rotatable bonds is 15. The molecule has 0 aromatic heterocycles. The van der Waals surface area contributed by atoms with Gasteiger partial charge in [0.25, 0.3) is 0 Å². The molecular formula is C45H64N8O10. The minimum absolute atomic E-state index is 0.0350. The third-order valence-electron chi connectivity index (χ3n) is 11.0. The molecule has 3 rings (SSSR count). The Morgan fingerprint density at radius 1 is 0.841 bits per heavy atom. The van der Waals surface area contributed by atoms with Gasteiger partial charge in [0.05, 0.1) is 5.69 Å². The van der Waals surface area contributed by atoms with E-state index in [4.69, 9.17) is 0 Å². The van der Waals surface area contributed by atoms with Crippen LogP contribution in [-0.4, -0.2) is 114 Å². The Labute approximate surface area is 368 Å². The summed E-state index contributed by atoms with van der Waals surface area (Å²) in [5.41, 5.74) is 0.973. The highest BCUT2D eigenvalue weighted by atomic mass is 16.4. The maximum atomic E-state index is 14.6. The van der Waals surface area contributed by atoms with Crippen LogP contribution in [0.25, 0.3) is 0 Å². The summed E-state index contributed by atoms with van der Waals surface area (Å²) in [6.45, 7) is 10.6. The van der Waals surface area contributed by atoms with Gasteiger partial charge in [-0.25, -0.2) is 9.59 Å². The number of carboxylic acid groups (broad SMARTS) is 1. The maximum absolute atomic E-state index is 14.6. The van der Waals surface area contributed by atoms with Crippen LogP contribution < -0.4 is 37.2 Å². The van der Waals surface area contributed by atoms with Crippen molar-refractivity contribution in [3.63, 3.8) is 0 Å². The maximum Gasteiger partial charge on any atom is 0.326 e. The van der Waals surface area contributed by atoms with Gasteiger partial charge >= 0.3 is 12.0 Å². The Morgan fingerprint density at radius 3 is 2.11 bits per heavy atom. The number of para-hydroxylation sites is 1. The van der Waals surface area contributed by atoms with Crippen molar-refractivity contribution in [3.05, 3.63) is 65.7 Å². The molecule has 0 bridgehead atoms. The predicted molar refractivity (Wildman–Crippen MR) is 235 cm³/mol. The molecule has 344 valence electrons. The van der Waals surface area contributed by atoms with Crippen molar-refractivity contribution in [2.45, 2.75) is 123 Å². The van der Waals surface area contributed by atoms with Gasteiger partial charge in [0.2, 0.25) is 35.9 Å². The van der Waals surface area contributed by atoms with E-state index in [0.29, 0.717) is 24.8 Å². The summed E-state index contributed by atoms with van der Waals surface area (Å²) in [6.07, 6.45) is 1.05. The summed E-state index contributed by atoms with van der Waals surface area (Å²) < 4.78 is 0. The number of Topliss-reactive ketones (excluding diaryl/α,β-unsaturated/α-hetero) is 1. The van der Waals surface area contributed by atoms with Gasteiger partial charge in [0, 0.05) is 32.0 Å². The molecule has 0 saturated carbocycles. The molecule has 1 aliphatic heterocycles. The Morgan fingerprint density at radius 2 is 1.49 bits per heavy atom. The van der Waals surface area contributed by atoms with Crippen LogP contribution in [-0.2, 0) is 40.0 Å². The zero-order chi connectivity index (χ0) is 46.8. The van der Waals surface area contributed by atoms with Crippen LogP contribution in [0.5, 0.6) is 0 Å². The number of benzene rings is 2. The van der Waals surface area contributed by atoms with Crippen molar-refractivity contribution in [1.82, 2.24) is 36.8 Å². The van der Waals surface area contributed by atoms with E-state index < -0.39 is 102 Å². The number of carboxylic acids is 1. The lowest BCUT2D eigenvalue weighted by molar-refractivity contribution is -0.143. The van der Waals surface area contributed by atoms with Crippen LogP contribution in [0.1, 0.15) is 96.0 Å². The predicted octanol–water partition coefficient (Wildman–Crippen LogP) is 2.52. The molecule has 63 heavy (non-hydrogen) atoms. The van der Waals surface area contributed by atoms with E-state index in [-0.39, 0.29) is 49.4 Å². The molecule has 18 nitrogen and oxygen atoms in total. The van der Waals surface area contributed by atoms with Crippen LogP contribution in [0.15, 0.2) is 54.6 Å². The molecule has 2 aromatic rings. The Balaban J connectivity index is 2.10. The first-order valence-corrected chi connectivity index (χ1v) is 21.5. The Hall–Kier alpha value is -6.33. The molecule has 0 spiro atoms. The molecule has 1 heterocycles. The standard InChI is InChI=1S/C45H64N8O10/c1-8-28(6)38(44(61)62)52-45(63)50-32-20-14-15-21-46-39(56)33(23-29-16-10-9-11-17-29)48-41(58)35(24-36(55)30-18-12-13-19-31(30)47-25-54)53(7)43(60)34(22-26(2)3)49-42(59)37(27(4)5)51-40(32)57/h9-13,16-19,25-28,32-35,37-38H,8,14-15,20-24H2,1-7H3,(H,46,56)(H,47,54)(H,48,58)(H,49,59)(H,51,57)(H,61,62)(H2,50,52,63)/t28-,32-,33-,34-,35+,37-,38?/m0/s1. The van der Waals surface area contributed by atoms with E-state index in [1.807, 2.05) is 13.8 Å². The molecule has 1 saturated heterocycles. The average Bonchev–Trinajstić information content (AvgIpc) is 3.24. The smallest absolute Gasteiger partial charge is 0.326 e. The highest BCUT2D eigenvalue weighted by Crippen LogP contribution is 2.21. The van der Waals surface area contributed by atoms with Gasteiger partial charge in [-0.3, -0.25) is 33.6 Å². The highest BCUT2D eigenvalue weighted by Gasteiger charge is 2.38. The average molecular weight is 877 g/mol. The monoisotopic (exact) mass is 876 g/mol. The first-order chi connectivity index (χ1) is 29.9. The quantitative estimate of drug-likeness (QED) is 0.0958. The Kier molecular flexibility index (Phi) is 20.2. The number of hydrogen-bond acceptors (Lipinski definition) is 9. The fourth-order valence-electron chi connectivity index (χ4n) is 7.18. The first kappa shape index (κ1) is 51.0. The van der Waals surface area contributed by atoms with Gasteiger partial charge in [0.1, 0.15) is 36.3 Å². The number of ketones is 1. The molecule has 7 atom stereocenters. The summed E-state index contributed by atoms with van der Waals surface area (Å²) in [5.74, 6) is -6.54. The molecule has 18 heteroatoms. The number of amides is 8. The van der Waals surface area contributed by atoms with Crippen LogP contribution in [0.2, 0.25) is 0 Å². The van der Waals surface area contributed by atoms with E-state index in [0.717, 1.165) is 4.90 Å². The summed E-state index contributed by atoms with van der Waals surface area (Å²) in [4.78, 5) is 123. The second-order valence-electron chi connectivity index (χ2n) is 16.7. The third-order valence-corrected chi connectivity index (χ3v) is 11.0. The molecule has 0 aliphatic carbocycles. The van der Waals surface area contributed by atoms with Gasteiger partial charge in [-0.1, -0.05) is 90.4 Å². The van der Waals surface area contributed by atoms with E-state index in [9.17, 15) is 48.3 Å². The van der Waals surface area contributed by atoms with Gasteiger partial charge in [-0.2, -0.15) is 0 Å². The van der Waals surface area contributed by atoms with E-state index in [1.165, 1.54) is 19.2 Å². The second-order valence-corrected chi connectivity index (χ2v) is 16.7. The number of nitrogens with one attached hydrogen (secondary N) is 7. The fourth-order valence-corrected chi connectivity index (χ4v) is 7.18. The third kappa shape index (κ3) is 15.5. The van der Waals surface area contributed by atoms with Crippen molar-refractivity contribution in [1.29, 1.82) is 0 Å². The summed E-state index contributed by atoms with van der Waals surface area (Å²) in [6, 6.07) is 6.55. The van der Waals surface area contributed by atoms with Crippen LogP contribution in [0, 0.1) is 17.8 Å². The van der Waals surface area contributed by atoms with Crippen molar-refractivity contribution in [2.75, 3.05) is 18.9 Å². The van der Waals surface area contributed by atoms with Crippen LogP contribution in [0.4, 0.5) is 10.5 Å². The molecule has 0 radical (unpaired) electrons. The van der Waals surface area contributed by atoms with Gasteiger partial charge in [-0.15, -0.1) is 0 Å². The van der Waals surface area contributed by atoms with Crippen molar-refractivity contribution in [3.8, 4) is 0 Å². The number of hydrogen-bond donors (Lipinski definition) is 8. The lowest BCUT2D eigenvalue weighted by Crippen LogP contribution is -2.61. The van der Waals surface area contributed by atoms with Gasteiger partial charge < -0.3 is 47.2 Å². The second kappa shape index (κ2) is 24.9. The molecule has 1 aliphatic rings. The van der Waals surface area contributed by atoms with Crippen LogP contribution >= 0.6 is 0 Å². The number of carbonyl (C=O) groups is 9. The molecule has 1 unspecified atom stereocenters. The van der Waals surface area contributed by atoms with Gasteiger partial charge in [-0.05, 0) is 61.1 Å². The van der Waals surface area contributed by atoms with E-state index in [2.05, 4.69) is 37.2 Å². The SMILES string of the molecule is CC[C@H](C)C(NC(=O)N[C@H]1CCCCNC(=O)[C@H](Cc2ccccc2)NC(=O)[C@@H](CC(=O)c2ccccc2NC=O)N(C)C(=O)[C@H](CC(C)C)NC(=O)[C@H](C(C)C)NC1=O)C(=O)O. The van der Waals surface area contributed by atoms with E-state index >= 15 is 0 Å². The lowest BCUT2D eigenvalue weighted by atomic mass is 9.97. The molecular weight excluding hydrogens is 813 g/mol. The largest absolute Gasteiger partial charge is 0.480 e. The van der Waals surface area contributed by atoms with Crippen molar-refractivity contribution < 1.29 is 48.3 Å². The number of likely N-dealkylation sites (N-methyl/N-ethyl adjacent to an activating group) is 1. The van der Waals surface area contributed by atoms with Crippen LogP contribution in [0.3, 0.4) is 0 Å². The lowest BCUT2D eigenvalue weighted by Gasteiger charge is -2.33. The zero-order valence-corrected chi connectivity index (χ0v) is 37.2. The molecule has 8 N–H and O–H groups in total. The summed E-state index contributed by atoms with van der Waals surface area (Å²) >= 11 is 0. The first-order valence-electron chi connectivity index (χ1n) is 21.5. The Bertz CT molecular complexity index is 1930. The highest BCUT2D eigenvalue weighted by molar-refractivity contribution is 6.06. The fraction of sp³-hybridized carbons (Fsp3) is 0.533. The minimum atomic E-state index is -1.51. The number of nitrogens with zero attached hydrogens (tertiary/aromatic N) is 1. The topological polar surface area (TPSA) is 261 Å². The molecule has 2 aromatic carbocycles. The number of carbonyl (C=O) groups excluding carboxylic acids is 8. The van der Waals surface area contributed by atoms with E-state index in [1.54, 1.807) is 70.2 Å². The number of anilines is 1. The zero-order valence-electron chi connectivity index (χ0n) is 37.2. The normalized spacial score (nSPS) is 21.9. The molecule has 1 fully saturated rings. The summed E-state index contributed by atoms with van der Waals surface area (Å²) in [5, 5.41) is 28.3. The minimum Gasteiger partial charge on any atom is -0.480 e. The molecule has 8 amide bonds. The van der Waals surface area contributed by atoms with Crippen molar-refractivity contribution in [2.24, 2.45) is 17.8 Å². The van der Waals surface area contributed by atoms with Gasteiger partial charge in [0.15, 0.2) is 5.78 Å². The number of aliphatic carboxylic acids is 1.